The molecule has 0 spiro atoms. The second kappa shape index (κ2) is 8.72. The maximum atomic E-state index is 13.7. The molecule has 146 valence electrons. The molecule has 1 heterocycles. The molecular weight excluding hydrogens is 377 g/mol. The van der Waals surface area contributed by atoms with Gasteiger partial charge in [-0.2, -0.15) is 0 Å². The Morgan fingerprint density at radius 1 is 1.41 bits per heavy atom. The zero-order valence-electron chi connectivity index (χ0n) is 15.0. The average Bonchev–Trinajstić information content (AvgIpc) is 2.57. The molecule has 8 nitrogen and oxygen atoms in total. The van der Waals surface area contributed by atoms with Gasteiger partial charge in [-0.3, -0.25) is 19.1 Å². The number of halogens is 2. The minimum absolute atomic E-state index is 0.00702. The summed E-state index contributed by atoms with van der Waals surface area (Å²) in [6, 6.07) is 3.77. The van der Waals surface area contributed by atoms with Gasteiger partial charge >= 0.3 is 5.69 Å². The van der Waals surface area contributed by atoms with Gasteiger partial charge in [0.15, 0.2) is 0 Å². The molecule has 2 aromatic rings. The van der Waals surface area contributed by atoms with E-state index in [4.69, 9.17) is 17.3 Å². The highest BCUT2D eigenvalue weighted by Gasteiger charge is 2.18. The van der Waals surface area contributed by atoms with Crippen molar-refractivity contribution in [2.75, 3.05) is 29.5 Å². The fraction of sp³-hybridized carbons (Fsp3) is 0.353. The molecule has 0 aliphatic heterocycles. The molecular formula is C17H21ClFN5O3. The number of aromatic nitrogens is 2. The van der Waals surface area contributed by atoms with Crippen molar-refractivity contribution in [1.82, 2.24) is 9.55 Å². The number of carbonyl (C=O) groups excluding carboxylic acids is 1. The van der Waals surface area contributed by atoms with Crippen LogP contribution in [0, 0.1) is 5.82 Å². The number of anilines is 3. The number of aromatic amines is 1. The van der Waals surface area contributed by atoms with Crippen molar-refractivity contribution in [2.45, 2.75) is 26.3 Å². The number of hydrogen-bond acceptors (Lipinski definition) is 5. The average molecular weight is 398 g/mol. The molecule has 0 saturated carbocycles. The Hall–Kier alpha value is -2.81. The van der Waals surface area contributed by atoms with Gasteiger partial charge in [0.2, 0.25) is 5.91 Å². The zero-order chi connectivity index (χ0) is 20.1. The van der Waals surface area contributed by atoms with Gasteiger partial charge in [-0.1, -0.05) is 24.9 Å². The first-order valence-corrected chi connectivity index (χ1v) is 8.71. The number of nitrogens with two attached hydrogens (primary N) is 1. The number of nitrogens with zero attached hydrogens (tertiary/aromatic N) is 2. The third-order valence-corrected chi connectivity index (χ3v) is 4.15. The number of benzene rings is 1. The maximum absolute atomic E-state index is 13.7. The minimum atomic E-state index is -0.700. The molecule has 27 heavy (non-hydrogen) atoms. The Morgan fingerprint density at radius 3 is 2.78 bits per heavy atom. The Kier molecular flexibility index (Phi) is 6.62. The highest BCUT2D eigenvalue weighted by molar-refractivity contribution is 6.30. The number of hydrogen-bond donors (Lipinski definition) is 3. The van der Waals surface area contributed by atoms with Crippen LogP contribution in [0.2, 0.25) is 5.02 Å². The summed E-state index contributed by atoms with van der Waals surface area (Å²) in [5.74, 6) is -1.24. The fourth-order valence-electron chi connectivity index (χ4n) is 2.56. The molecule has 0 saturated heterocycles. The Bertz CT molecular complexity index is 957. The van der Waals surface area contributed by atoms with E-state index in [2.05, 4.69) is 10.3 Å². The first-order chi connectivity index (χ1) is 12.7. The molecule has 1 amide bonds. The van der Waals surface area contributed by atoms with Crippen molar-refractivity contribution >= 4 is 34.7 Å². The van der Waals surface area contributed by atoms with Crippen LogP contribution < -0.4 is 27.2 Å². The predicted octanol–water partition coefficient (Wildman–Crippen LogP) is 1.79. The third-order valence-electron chi connectivity index (χ3n) is 3.91. The lowest BCUT2D eigenvalue weighted by Crippen LogP contribution is -2.39. The first kappa shape index (κ1) is 20.5. The third kappa shape index (κ3) is 4.88. The van der Waals surface area contributed by atoms with Crippen LogP contribution in [0.25, 0.3) is 0 Å². The van der Waals surface area contributed by atoms with Crippen LogP contribution in [0.3, 0.4) is 0 Å². The van der Waals surface area contributed by atoms with E-state index in [0.29, 0.717) is 13.0 Å². The number of carbonyl (C=O) groups is 1. The monoisotopic (exact) mass is 397 g/mol. The van der Waals surface area contributed by atoms with E-state index in [9.17, 15) is 18.8 Å². The molecule has 4 N–H and O–H groups in total. The smallest absolute Gasteiger partial charge is 0.330 e. The van der Waals surface area contributed by atoms with E-state index in [1.807, 2.05) is 6.92 Å². The molecule has 0 fully saturated rings. The van der Waals surface area contributed by atoms with Crippen LogP contribution in [-0.4, -0.2) is 29.1 Å². The Labute approximate surface area is 159 Å². The van der Waals surface area contributed by atoms with Crippen LogP contribution >= 0.6 is 11.6 Å². The van der Waals surface area contributed by atoms with E-state index in [0.717, 1.165) is 12.5 Å². The van der Waals surface area contributed by atoms with Gasteiger partial charge in [-0.15, -0.1) is 0 Å². The van der Waals surface area contributed by atoms with Crippen LogP contribution in [0.4, 0.5) is 21.6 Å². The van der Waals surface area contributed by atoms with E-state index in [-0.39, 0.29) is 28.8 Å². The fourth-order valence-corrected chi connectivity index (χ4v) is 2.73. The molecule has 2 rings (SSSR count). The molecule has 0 atom stereocenters. The highest BCUT2D eigenvalue weighted by Crippen LogP contribution is 2.20. The molecule has 10 heteroatoms. The lowest BCUT2D eigenvalue weighted by molar-refractivity contribution is -0.114. The summed E-state index contributed by atoms with van der Waals surface area (Å²) in [5.41, 5.74) is 4.61. The van der Waals surface area contributed by atoms with Gasteiger partial charge in [0.05, 0.1) is 12.2 Å². The largest absolute Gasteiger partial charge is 0.383 e. The molecule has 1 aromatic heterocycles. The predicted molar refractivity (Wildman–Crippen MR) is 104 cm³/mol. The van der Waals surface area contributed by atoms with Crippen molar-refractivity contribution in [3.63, 3.8) is 0 Å². The van der Waals surface area contributed by atoms with E-state index < -0.39 is 23.0 Å². The standard InChI is InChI=1S/C17H21ClFN5O3/c1-3-4-7-24-15(20)14(16(26)22-17(24)27)23(2)9-13(25)21-12-8-10(18)5-6-11(12)19/h5-6,8H,3-4,7,9,20H2,1-2H3,(H,21,25)(H,22,26,27). The van der Waals surface area contributed by atoms with Crippen molar-refractivity contribution in [2.24, 2.45) is 0 Å². The van der Waals surface area contributed by atoms with Gasteiger partial charge in [0.1, 0.15) is 17.3 Å². The second-order valence-corrected chi connectivity index (χ2v) is 6.46. The second-order valence-electron chi connectivity index (χ2n) is 6.03. The molecule has 0 radical (unpaired) electrons. The van der Waals surface area contributed by atoms with Crippen molar-refractivity contribution in [3.8, 4) is 0 Å². The zero-order valence-corrected chi connectivity index (χ0v) is 15.8. The van der Waals surface area contributed by atoms with Gasteiger partial charge in [-0.25, -0.2) is 9.18 Å². The summed E-state index contributed by atoms with van der Waals surface area (Å²) in [6.07, 6.45) is 1.54. The SMILES string of the molecule is CCCCn1c(N)c(N(C)CC(=O)Nc2cc(Cl)ccc2F)c(=O)[nH]c1=O. The Balaban J connectivity index is 2.23. The van der Waals surface area contributed by atoms with Gasteiger partial charge in [0, 0.05) is 18.6 Å². The Morgan fingerprint density at radius 2 is 2.11 bits per heavy atom. The summed E-state index contributed by atoms with van der Waals surface area (Å²) in [7, 11) is 1.48. The van der Waals surface area contributed by atoms with Crippen molar-refractivity contribution in [1.29, 1.82) is 0 Å². The van der Waals surface area contributed by atoms with Crippen LogP contribution in [0.15, 0.2) is 27.8 Å². The van der Waals surface area contributed by atoms with Gasteiger partial charge < -0.3 is 16.0 Å². The maximum Gasteiger partial charge on any atom is 0.330 e. The normalized spacial score (nSPS) is 10.7. The van der Waals surface area contributed by atoms with Crippen LogP contribution in [0.5, 0.6) is 0 Å². The number of amides is 1. The summed E-state index contributed by atoms with van der Waals surface area (Å²) in [5, 5.41) is 2.66. The van der Waals surface area contributed by atoms with E-state index in [1.54, 1.807) is 0 Å². The summed E-state index contributed by atoms with van der Waals surface area (Å²) >= 11 is 5.79. The summed E-state index contributed by atoms with van der Waals surface area (Å²) in [4.78, 5) is 39.8. The number of H-pyrrole nitrogens is 1. The van der Waals surface area contributed by atoms with Crippen molar-refractivity contribution in [3.05, 3.63) is 49.9 Å². The number of rotatable bonds is 7. The van der Waals surface area contributed by atoms with E-state index >= 15 is 0 Å². The van der Waals surface area contributed by atoms with Crippen LogP contribution in [0.1, 0.15) is 19.8 Å². The number of unbranched alkanes of at least 4 members (excludes halogenated alkanes) is 1. The topological polar surface area (TPSA) is 113 Å². The summed E-state index contributed by atoms with van der Waals surface area (Å²) < 4.78 is 15.0. The quantitative estimate of drug-likeness (QED) is 0.659. The van der Waals surface area contributed by atoms with Gasteiger partial charge in [0.25, 0.3) is 5.56 Å². The highest BCUT2D eigenvalue weighted by atomic mass is 35.5. The lowest BCUT2D eigenvalue weighted by atomic mass is 10.3. The molecule has 0 unspecified atom stereocenters. The molecule has 0 aliphatic carbocycles. The molecule has 0 aliphatic rings. The van der Waals surface area contributed by atoms with Gasteiger partial charge in [-0.05, 0) is 24.6 Å². The van der Waals surface area contributed by atoms with Crippen LogP contribution in [-0.2, 0) is 11.3 Å². The van der Waals surface area contributed by atoms with Crippen molar-refractivity contribution < 1.29 is 9.18 Å². The summed E-state index contributed by atoms with van der Waals surface area (Å²) in [6.45, 7) is 2.02. The first-order valence-electron chi connectivity index (χ1n) is 8.33. The number of nitrogens with one attached hydrogen (secondary N) is 2. The number of nitrogen functional groups attached to an aromatic ring is 1. The lowest BCUT2D eigenvalue weighted by Gasteiger charge is -2.21. The van der Waals surface area contributed by atoms with E-state index in [1.165, 1.54) is 28.6 Å². The molecule has 0 bridgehead atoms. The molecule has 1 aromatic carbocycles. The minimum Gasteiger partial charge on any atom is -0.383 e. The number of likely N-dealkylation sites (N-methyl/N-ethyl adjacent to an activating group) is 1.